The molecule has 0 atom stereocenters. The number of nitrogens with one attached hydrogen (secondary N) is 2. The van der Waals surface area contributed by atoms with Gasteiger partial charge < -0.3 is 10.6 Å². The maximum absolute atomic E-state index is 12.2. The van der Waals surface area contributed by atoms with Crippen LogP contribution in [0.15, 0.2) is 46.9 Å². The van der Waals surface area contributed by atoms with Gasteiger partial charge in [-0.2, -0.15) is 0 Å². The molecule has 2 amide bonds. The van der Waals surface area contributed by atoms with E-state index in [9.17, 15) is 9.59 Å². The average Bonchev–Trinajstić information content (AvgIpc) is 2.50. The molecule has 0 aliphatic heterocycles. The van der Waals surface area contributed by atoms with E-state index in [2.05, 4.69) is 47.3 Å². The van der Waals surface area contributed by atoms with Crippen molar-refractivity contribution in [2.75, 3.05) is 10.6 Å². The lowest BCUT2D eigenvalue weighted by Crippen LogP contribution is -2.30. The van der Waals surface area contributed by atoms with Crippen LogP contribution >= 0.6 is 15.9 Å². The monoisotopic (exact) mass is 388 g/mol. The maximum Gasteiger partial charge on any atom is 0.314 e. The number of anilines is 2. The van der Waals surface area contributed by atoms with Crippen LogP contribution < -0.4 is 10.6 Å². The predicted octanol–water partition coefficient (Wildman–Crippen LogP) is 4.63. The summed E-state index contributed by atoms with van der Waals surface area (Å²) in [5.74, 6) is -1.38. The van der Waals surface area contributed by atoms with Gasteiger partial charge in [0.15, 0.2) is 0 Å². The first-order valence-corrected chi connectivity index (χ1v) is 8.46. The van der Waals surface area contributed by atoms with Gasteiger partial charge in [0.2, 0.25) is 0 Å². The Labute approximate surface area is 150 Å². The van der Waals surface area contributed by atoms with Gasteiger partial charge in [-0.15, -0.1) is 0 Å². The van der Waals surface area contributed by atoms with E-state index in [0.29, 0.717) is 11.4 Å². The summed E-state index contributed by atoms with van der Waals surface area (Å²) in [7, 11) is 0. The Kier molecular flexibility index (Phi) is 5.44. The lowest BCUT2D eigenvalue weighted by molar-refractivity contribution is -0.133. The van der Waals surface area contributed by atoms with Crippen molar-refractivity contribution >= 4 is 39.1 Å². The molecule has 0 heterocycles. The van der Waals surface area contributed by atoms with E-state index in [4.69, 9.17) is 0 Å². The SMILES string of the molecule is Cc1cc(NC(=O)C(=O)Nc2ccccc2C(C)(C)C)ccc1Br. The van der Waals surface area contributed by atoms with Gasteiger partial charge in [0, 0.05) is 15.8 Å². The summed E-state index contributed by atoms with van der Waals surface area (Å²) in [5.41, 5.74) is 3.05. The zero-order valence-corrected chi connectivity index (χ0v) is 15.8. The highest BCUT2D eigenvalue weighted by Gasteiger charge is 2.21. The third-order valence-corrected chi connectivity index (χ3v) is 4.50. The fourth-order valence-corrected chi connectivity index (χ4v) is 2.58. The van der Waals surface area contributed by atoms with E-state index in [0.717, 1.165) is 15.6 Å². The number of hydrogen-bond acceptors (Lipinski definition) is 2. The quantitative estimate of drug-likeness (QED) is 0.736. The van der Waals surface area contributed by atoms with Gasteiger partial charge in [-0.3, -0.25) is 9.59 Å². The Bertz CT molecular complexity index is 779. The normalized spacial score (nSPS) is 11.0. The molecule has 0 spiro atoms. The van der Waals surface area contributed by atoms with Crippen LogP contribution in [0.4, 0.5) is 11.4 Å². The fraction of sp³-hybridized carbons (Fsp3) is 0.263. The third-order valence-electron chi connectivity index (χ3n) is 3.61. The standard InChI is InChI=1S/C19H21BrN2O2/c1-12-11-13(9-10-15(12)20)21-17(23)18(24)22-16-8-6-5-7-14(16)19(2,3)4/h5-11H,1-4H3,(H,21,23)(H,22,24). The first-order chi connectivity index (χ1) is 11.2. The van der Waals surface area contributed by atoms with Gasteiger partial charge in [0.05, 0.1) is 0 Å². The second-order valence-corrected chi connectivity index (χ2v) is 7.52. The molecule has 0 fully saturated rings. The van der Waals surface area contributed by atoms with Gasteiger partial charge in [-0.25, -0.2) is 0 Å². The molecular weight excluding hydrogens is 368 g/mol. The zero-order valence-electron chi connectivity index (χ0n) is 14.2. The molecular formula is C19H21BrN2O2. The number of carbonyl (C=O) groups is 2. The fourth-order valence-electron chi connectivity index (χ4n) is 2.34. The van der Waals surface area contributed by atoms with Crippen LogP contribution in [0.25, 0.3) is 0 Å². The number of hydrogen-bond donors (Lipinski definition) is 2. The van der Waals surface area contributed by atoms with Crippen LogP contribution in [0.2, 0.25) is 0 Å². The van der Waals surface area contributed by atoms with Gasteiger partial charge in [0.25, 0.3) is 0 Å². The van der Waals surface area contributed by atoms with Crippen molar-refractivity contribution < 1.29 is 9.59 Å². The zero-order chi connectivity index (χ0) is 17.9. The van der Waals surface area contributed by atoms with Gasteiger partial charge in [-0.05, 0) is 47.7 Å². The number of benzene rings is 2. The van der Waals surface area contributed by atoms with E-state index in [1.54, 1.807) is 18.2 Å². The number of rotatable bonds is 2. The van der Waals surface area contributed by atoms with E-state index >= 15 is 0 Å². The molecule has 2 N–H and O–H groups in total. The van der Waals surface area contributed by atoms with Gasteiger partial charge >= 0.3 is 11.8 Å². The van der Waals surface area contributed by atoms with Crippen LogP contribution in [0.5, 0.6) is 0 Å². The molecule has 0 saturated carbocycles. The lowest BCUT2D eigenvalue weighted by atomic mass is 9.86. The van der Waals surface area contributed by atoms with E-state index in [1.807, 2.05) is 31.2 Å². The van der Waals surface area contributed by atoms with Crippen molar-refractivity contribution in [2.45, 2.75) is 33.1 Å². The van der Waals surface area contributed by atoms with Crippen molar-refractivity contribution in [3.05, 3.63) is 58.1 Å². The Hall–Kier alpha value is -2.14. The van der Waals surface area contributed by atoms with E-state index in [1.165, 1.54) is 0 Å². The molecule has 0 unspecified atom stereocenters. The molecule has 0 bridgehead atoms. The van der Waals surface area contributed by atoms with Crippen LogP contribution in [0, 0.1) is 6.92 Å². The van der Waals surface area contributed by atoms with E-state index < -0.39 is 11.8 Å². The number of carbonyl (C=O) groups excluding carboxylic acids is 2. The molecule has 0 aliphatic carbocycles. The minimum Gasteiger partial charge on any atom is -0.318 e. The van der Waals surface area contributed by atoms with Crippen molar-refractivity contribution in [1.29, 1.82) is 0 Å². The van der Waals surface area contributed by atoms with Crippen molar-refractivity contribution in [3.63, 3.8) is 0 Å². The van der Waals surface area contributed by atoms with Crippen molar-refractivity contribution in [1.82, 2.24) is 0 Å². The highest BCUT2D eigenvalue weighted by Crippen LogP contribution is 2.29. The Balaban J connectivity index is 2.12. The first-order valence-electron chi connectivity index (χ1n) is 7.66. The molecule has 2 aromatic rings. The molecule has 4 nitrogen and oxygen atoms in total. The molecule has 0 aromatic heterocycles. The molecule has 5 heteroatoms. The number of halogens is 1. The molecule has 2 aromatic carbocycles. The highest BCUT2D eigenvalue weighted by molar-refractivity contribution is 9.10. The smallest absolute Gasteiger partial charge is 0.314 e. The van der Waals surface area contributed by atoms with Gasteiger partial charge in [-0.1, -0.05) is 54.9 Å². The lowest BCUT2D eigenvalue weighted by Gasteiger charge is -2.22. The van der Waals surface area contributed by atoms with Crippen LogP contribution in [-0.2, 0) is 15.0 Å². The minimum atomic E-state index is -0.694. The summed E-state index contributed by atoms with van der Waals surface area (Å²) in [6.45, 7) is 8.09. The molecule has 24 heavy (non-hydrogen) atoms. The highest BCUT2D eigenvalue weighted by atomic mass is 79.9. The van der Waals surface area contributed by atoms with Gasteiger partial charge in [0.1, 0.15) is 0 Å². The van der Waals surface area contributed by atoms with Crippen molar-refractivity contribution in [2.24, 2.45) is 0 Å². The molecule has 0 saturated heterocycles. The second kappa shape index (κ2) is 7.18. The summed E-state index contributed by atoms with van der Waals surface area (Å²) < 4.78 is 0.948. The predicted molar refractivity (Wildman–Crippen MR) is 101 cm³/mol. The maximum atomic E-state index is 12.2. The Morgan fingerprint density at radius 2 is 1.58 bits per heavy atom. The second-order valence-electron chi connectivity index (χ2n) is 6.67. The van der Waals surface area contributed by atoms with Crippen LogP contribution in [-0.4, -0.2) is 11.8 Å². The number of para-hydroxylation sites is 1. The number of amides is 2. The summed E-state index contributed by atoms with van der Waals surface area (Å²) in [4.78, 5) is 24.4. The molecule has 0 aliphatic rings. The van der Waals surface area contributed by atoms with Crippen LogP contribution in [0.3, 0.4) is 0 Å². The van der Waals surface area contributed by atoms with E-state index in [-0.39, 0.29) is 5.41 Å². The minimum absolute atomic E-state index is 0.136. The summed E-state index contributed by atoms with van der Waals surface area (Å²) in [6, 6.07) is 12.9. The summed E-state index contributed by atoms with van der Waals surface area (Å²) in [5, 5.41) is 5.32. The largest absolute Gasteiger partial charge is 0.318 e. The van der Waals surface area contributed by atoms with Crippen LogP contribution in [0.1, 0.15) is 31.9 Å². The molecule has 126 valence electrons. The first kappa shape index (κ1) is 18.2. The Morgan fingerprint density at radius 3 is 2.21 bits per heavy atom. The average molecular weight is 389 g/mol. The molecule has 2 rings (SSSR count). The summed E-state index contributed by atoms with van der Waals surface area (Å²) >= 11 is 3.40. The number of aryl methyl sites for hydroxylation is 1. The van der Waals surface area contributed by atoms with Crippen molar-refractivity contribution in [3.8, 4) is 0 Å². The Morgan fingerprint density at radius 1 is 0.958 bits per heavy atom. The molecule has 0 radical (unpaired) electrons. The summed E-state index contributed by atoms with van der Waals surface area (Å²) in [6.07, 6.45) is 0. The third kappa shape index (κ3) is 4.45. The topological polar surface area (TPSA) is 58.2 Å².